The zero-order valence-electron chi connectivity index (χ0n) is 13.3. The SMILES string of the molecule is Cc1cccc(N=C(Oc2ccc(C#N)cc2)c2ccccc2)c1. The van der Waals surface area contributed by atoms with Crippen LogP contribution in [0.5, 0.6) is 5.75 Å². The summed E-state index contributed by atoms with van der Waals surface area (Å²) in [5.41, 5.74) is 3.46. The van der Waals surface area contributed by atoms with Gasteiger partial charge in [0, 0.05) is 5.56 Å². The van der Waals surface area contributed by atoms with Crippen LogP contribution in [0.3, 0.4) is 0 Å². The number of nitrogens with zero attached hydrogens (tertiary/aromatic N) is 2. The summed E-state index contributed by atoms with van der Waals surface area (Å²) in [4.78, 5) is 4.66. The highest BCUT2D eigenvalue weighted by atomic mass is 16.5. The monoisotopic (exact) mass is 312 g/mol. The molecule has 0 saturated carbocycles. The average Bonchev–Trinajstić information content (AvgIpc) is 2.63. The van der Waals surface area contributed by atoms with Gasteiger partial charge in [-0.2, -0.15) is 5.26 Å². The Hall–Kier alpha value is -3.38. The second-order valence-corrected chi connectivity index (χ2v) is 5.36. The number of hydrogen-bond acceptors (Lipinski definition) is 3. The summed E-state index contributed by atoms with van der Waals surface area (Å²) in [6.45, 7) is 2.03. The molecule has 0 atom stereocenters. The van der Waals surface area contributed by atoms with Crippen LogP contribution in [0, 0.1) is 18.3 Å². The van der Waals surface area contributed by atoms with Gasteiger partial charge in [-0.25, -0.2) is 4.99 Å². The quantitative estimate of drug-likeness (QED) is 0.503. The summed E-state index contributed by atoms with van der Waals surface area (Å²) < 4.78 is 5.98. The molecule has 0 aliphatic carbocycles. The third kappa shape index (κ3) is 3.88. The number of rotatable bonds is 3. The van der Waals surface area contributed by atoms with E-state index in [9.17, 15) is 0 Å². The van der Waals surface area contributed by atoms with E-state index < -0.39 is 0 Å². The van der Waals surface area contributed by atoms with Gasteiger partial charge >= 0.3 is 0 Å². The Balaban J connectivity index is 1.97. The lowest BCUT2D eigenvalue weighted by Crippen LogP contribution is -2.10. The van der Waals surface area contributed by atoms with Gasteiger partial charge in [-0.15, -0.1) is 0 Å². The highest BCUT2D eigenvalue weighted by Gasteiger charge is 2.07. The van der Waals surface area contributed by atoms with Gasteiger partial charge in [0.2, 0.25) is 5.90 Å². The second kappa shape index (κ2) is 7.26. The average molecular weight is 312 g/mol. The highest BCUT2D eigenvalue weighted by Crippen LogP contribution is 2.19. The summed E-state index contributed by atoms with van der Waals surface area (Å²) in [7, 11) is 0. The lowest BCUT2D eigenvalue weighted by atomic mass is 10.2. The molecule has 0 amide bonds. The van der Waals surface area contributed by atoms with Gasteiger partial charge in [0.1, 0.15) is 5.75 Å². The minimum absolute atomic E-state index is 0.519. The van der Waals surface area contributed by atoms with Gasteiger partial charge in [0.25, 0.3) is 0 Å². The third-order valence-corrected chi connectivity index (χ3v) is 3.45. The van der Waals surface area contributed by atoms with Gasteiger partial charge in [-0.3, -0.25) is 0 Å². The lowest BCUT2D eigenvalue weighted by Gasteiger charge is -2.10. The van der Waals surface area contributed by atoms with Crippen LogP contribution in [0.2, 0.25) is 0 Å². The topological polar surface area (TPSA) is 45.4 Å². The van der Waals surface area contributed by atoms with E-state index in [1.54, 1.807) is 24.3 Å². The number of aryl methyl sites for hydroxylation is 1. The molecule has 0 aromatic heterocycles. The van der Waals surface area contributed by atoms with Crippen LogP contribution < -0.4 is 4.74 Å². The van der Waals surface area contributed by atoms with E-state index in [1.807, 2.05) is 61.5 Å². The van der Waals surface area contributed by atoms with E-state index in [2.05, 4.69) is 11.1 Å². The fourth-order valence-electron chi connectivity index (χ4n) is 2.25. The summed E-state index contributed by atoms with van der Waals surface area (Å²) in [6, 6.07) is 26.8. The molecule has 3 rings (SSSR count). The summed E-state index contributed by atoms with van der Waals surface area (Å²) in [5.74, 6) is 1.16. The summed E-state index contributed by atoms with van der Waals surface area (Å²) in [5, 5.41) is 8.89. The molecule has 3 aromatic carbocycles. The predicted molar refractivity (Wildman–Crippen MR) is 95.6 cm³/mol. The number of aliphatic imine (C=N–C) groups is 1. The summed E-state index contributed by atoms with van der Waals surface area (Å²) in [6.07, 6.45) is 0. The van der Waals surface area contributed by atoms with Gasteiger partial charge < -0.3 is 4.74 Å². The lowest BCUT2D eigenvalue weighted by molar-refractivity contribution is 0.553. The van der Waals surface area contributed by atoms with Crippen molar-refractivity contribution in [1.29, 1.82) is 5.26 Å². The zero-order valence-corrected chi connectivity index (χ0v) is 13.3. The zero-order chi connectivity index (χ0) is 16.8. The molecule has 0 radical (unpaired) electrons. The van der Waals surface area contributed by atoms with Crippen molar-refractivity contribution in [2.45, 2.75) is 6.92 Å². The Morgan fingerprint density at radius 1 is 0.917 bits per heavy atom. The molecule has 3 heteroatoms. The van der Waals surface area contributed by atoms with Gasteiger partial charge in [0.05, 0.1) is 17.3 Å². The minimum Gasteiger partial charge on any atom is -0.438 e. The molecule has 3 nitrogen and oxygen atoms in total. The van der Waals surface area contributed by atoms with Gasteiger partial charge in [0.15, 0.2) is 0 Å². The van der Waals surface area contributed by atoms with Crippen molar-refractivity contribution in [3.8, 4) is 11.8 Å². The van der Waals surface area contributed by atoms with Crippen LogP contribution in [0.15, 0.2) is 83.9 Å². The molecule has 0 bridgehead atoms. The summed E-state index contributed by atoms with van der Waals surface area (Å²) >= 11 is 0. The molecule has 0 spiro atoms. The van der Waals surface area contributed by atoms with Crippen molar-refractivity contribution >= 4 is 11.6 Å². The Morgan fingerprint density at radius 2 is 1.67 bits per heavy atom. The maximum Gasteiger partial charge on any atom is 0.227 e. The van der Waals surface area contributed by atoms with E-state index in [-0.39, 0.29) is 0 Å². The Kier molecular flexibility index (Phi) is 4.69. The standard InChI is InChI=1S/C21H16N2O/c1-16-6-5-9-19(14-16)23-21(18-7-3-2-4-8-18)24-20-12-10-17(15-22)11-13-20/h2-14H,1H3. The molecule has 0 fully saturated rings. The van der Waals surface area contributed by atoms with E-state index in [0.717, 1.165) is 16.8 Å². The van der Waals surface area contributed by atoms with E-state index in [0.29, 0.717) is 17.2 Å². The van der Waals surface area contributed by atoms with Crippen LogP contribution in [-0.2, 0) is 0 Å². The maximum atomic E-state index is 8.89. The van der Waals surface area contributed by atoms with Crippen molar-refractivity contribution in [2.75, 3.05) is 0 Å². The Labute approximate surface area is 141 Å². The first kappa shape index (κ1) is 15.5. The predicted octanol–water partition coefficient (Wildman–Crippen LogP) is 5.02. The second-order valence-electron chi connectivity index (χ2n) is 5.36. The van der Waals surface area contributed by atoms with Crippen LogP contribution in [0.25, 0.3) is 0 Å². The van der Waals surface area contributed by atoms with Crippen LogP contribution in [0.1, 0.15) is 16.7 Å². The van der Waals surface area contributed by atoms with Crippen molar-refractivity contribution in [1.82, 2.24) is 0 Å². The minimum atomic E-state index is 0.519. The molecular weight excluding hydrogens is 296 g/mol. The molecule has 116 valence electrons. The molecule has 0 unspecified atom stereocenters. The van der Waals surface area contributed by atoms with Crippen LogP contribution in [0.4, 0.5) is 5.69 Å². The van der Waals surface area contributed by atoms with Crippen molar-refractivity contribution < 1.29 is 4.74 Å². The van der Waals surface area contributed by atoms with E-state index in [1.165, 1.54) is 0 Å². The molecule has 0 heterocycles. The Morgan fingerprint density at radius 3 is 2.33 bits per heavy atom. The fourth-order valence-corrected chi connectivity index (χ4v) is 2.25. The van der Waals surface area contributed by atoms with Crippen molar-refractivity contribution in [2.24, 2.45) is 4.99 Å². The molecule has 3 aromatic rings. The molecule has 0 aliphatic rings. The first-order valence-corrected chi connectivity index (χ1v) is 7.63. The van der Waals surface area contributed by atoms with Crippen molar-refractivity contribution in [3.05, 3.63) is 95.6 Å². The number of benzene rings is 3. The largest absolute Gasteiger partial charge is 0.438 e. The highest BCUT2D eigenvalue weighted by molar-refractivity contribution is 5.97. The third-order valence-electron chi connectivity index (χ3n) is 3.45. The maximum absolute atomic E-state index is 8.89. The van der Waals surface area contributed by atoms with Crippen molar-refractivity contribution in [3.63, 3.8) is 0 Å². The molecule has 0 N–H and O–H groups in total. The van der Waals surface area contributed by atoms with E-state index in [4.69, 9.17) is 10.00 Å². The van der Waals surface area contributed by atoms with Gasteiger partial charge in [-0.05, 0) is 61.0 Å². The molecule has 24 heavy (non-hydrogen) atoms. The number of ether oxygens (including phenoxy) is 1. The normalized spacial score (nSPS) is 10.9. The first-order chi connectivity index (χ1) is 11.7. The van der Waals surface area contributed by atoms with Gasteiger partial charge in [-0.1, -0.05) is 30.3 Å². The van der Waals surface area contributed by atoms with Crippen LogP contribution >= 0.6 is 0 Å². The molecular formula is C21H16N2O. The van der Waals surface area contributed by atoms with E-state index >= 15 is 0 Å². The fraction of sp³-hybridized carbons (Fsp3) is 0.0476. The smallest absolute Gasteiger partial charge is 0.227 e. The molecule has 0 aliphatic heterocycles. The number of hydrogen-bond donors (Lipinski definition) is 0. The van der Waals surface area contributed by atoms with Crippen LogP contribution in [-0.4, -0.2) is 5.90 Å². The first-order valence-electron chi connectivity index (χ1n) is 7.63. The molecule has 0 saturated heterocycles. The Bertz CT molecular complexity index is 891. The number of nitriles is 1.